The van der Waals surface area contributed by atoms with E-state index < -0.39 is 0 Å². The molecule has 1 amide bonds. The van der Waals surface area contributed by atoms with Crippen LogP contribution in [0.15, 0.2) is 18.2 Å². The Morgan fingerprint density at radius 3 is 2.68 bits per heavy atom. The first-order valence-corrected chi connectivity index (χ1v) is 7.75. The molecule has 0 spiro atoms. The zero-order valence-corrected chi connectivity index (χ0v) is 14.5. The minimum atomic E-state index is 0. The lowest BCUT2D eigenvalue weighted by atomic mass is 10.1. The van der Waals surface area contributed by atoms with Crippen molar-refractivity contribution in [2.45, 2.75) is 39.2 Å². The van der Waals surface area contributed by atoms with E-state index in [2.05, 4.69) is 18.3 Å². The molecular weight excluding hydrogens is 300 g/mol. The van der Waals surface area contributed by atoms with Gasteiger partial charge in [0.2, 0.25) is 5.91 Å². The summed E-state index contributed by atoms with van der Waals surface area (Å²) in [4.78, 5) is 14.1. The maximum Gasteiger partial charge on any atom is 0.225 e. The zero-order chi connectivity index (χ0) is 15.2. The van der Waals surface area contributed by atoms with Crippen molar-refractivity contribution in [3.05, 3.63) is 29.3 Å². The van der Waals surface area contributed by atoms with Crippen molar-refractivity contribution in [1.82, 2.24) is 10.2 Å². The number of piperidine rings is 1. The van der Waals surface area contributed by atoms with Gasteiger partial charge in [-0.2, -0.15) is 0 Å². The van der Waals surface area contributed by atoms with Gasteiger partial charge in [-0.3, -0.25) is 4.79 Å². The van der Waals surface area contributed by atoms with E-state index in [0.717, 1.165) is 37.2 Å². The predicted octanol–water partition coefficient (Wildman–Crippen LogP) is 2.70. The molecule has 1 aromatic carbocycles. The van der Waals surface area contributed by atoms with Gasteiger partial charge < -0.3 is 15.0 Å². The fraction of sp³-hybridized carbons (Fsp3) is 0.588. The summed E-state index contributed by atoms with van der Waals surface area (Å²) in [6, 6.07) is 6.39. The standard InChI is InChI=1S/C17H26N2O2.ClH/c1-13-5-4-6-16(14(13)2)21-12-9-17(20)19(3)15-7-10-18-11-8-15;/h4-6,15,18H,7-12H2,1-3H3;1H. The van der Waals surface area contributed by atoms with Crippen molar-refractivity contribution < 1.29 is 9.53 Å². The Labute approximate surface area is 139 Å². The fourth-order valence-electron chi connectivity index (χ4n) is 2.70. The van der Waals surface area contributed by atoms with Crippen molar-refractivity contribution >= 4 is 18.3 Å². The number of aryl methyl sites for hydroxylation is 1. The van der Waals surface area contributed by atoms with Gasteiger partial charge in [0.05, 0.1) is 13.0 Å². The summed E-state index contributed by atoms with van der Waals surface area (Å²) < 4.78 is 5.77. The van der Waals surface area contributed by atoms with E-state index in [1.54, 1.807) is 0 Å². The number of hydrogen-bond donors (Lipinski definition) is 1. The van der Waals surface area contributed by atoms with Crippen LogP contribution in [0.5, 0.6) is 5.75 Å². The highest BCUT2D eigenvalue weighted by Gasteiger charge is 2.21. The highest BCUT2D eigenvalue weighted by atomic mass is 35.5. The third kappa shape index (κ3) is 4.89. The molecule has 1 N–H and O–H groups in total. The maximum atomic E-state index is 12.2. The Morgan fingerprint density at radius 1 is 1.32 bits per heavy atom. The highest BCUT2D eigenvalue weighted by molar-refractivity contribution is 5.85. The van der Waals surface area contributed by atoms with E-state index >= 15 is 0 Å². The first kappa shape index (κ1) is 18.8. The Balaban J connectivity index is 0.00000242. The first-order chi connectivity index (χ1) is 10.1. The minimum absolute atomic E-state index is 0. The number of ether oxygens (including phenoxy) is 1. The van der Waals surface area contributed by atoms with Crippen LogP contribution in [0.2, 0.25) is 0 Å². The number of rotatable bonds is 5. The molecule has 0 aliphatic carbocycles. The van der Waals surface area contributed by atoms with Crippen molar-refractivity contribution in [2.24, 2.45) is 0 Å². The van der Waals surface area contributed by atoms with E-state index in [0.29, 0.717) is 19.1 Å². The third-order valence-corrected chi connectivity index (χ3v) is 4.38. The van der Waals surface area contributed by atoms with Crippen molar-refractivity contribution in [1.29, 1.82) is 0 Å². The molecule has 1 saturated heterocycles. The lowest BCUT2D eigenvalue weighted by molar-refractivity contribution is -0.132. The molecule has 1 fully saturated rings. The molecule has 0 saturated carbocycles. The molecule has 4 nitrogen and oxygen atoms in total. The molecule has 1 aliphatic heterocycles. The lowest BCUT2D eigenvalue weighted by Gasteiger charge is -2.31. The number of amides is 1. The second-order valence-electron chi connectivity index (χ2n) is 5.78. The van der Waals surface area contributed by atoms with Gasteiger partial charge >= 0.3 is 0 Å². The average Bonchev–Trinajstić information content (AvgIpc) is 2.51. The summed E-state index contributed by atoms with van der Waals surface area (Å²) in [5.41, 5.74) is 2.36. The number of benzene rings is 1. The van der Waals surface area contributed by atoms with Crippen molar-refractivity contribution in [3.8, 4) is 5.75 Å². The molecule has 0 radical (unpaired) electrons. The largest absolute Gasteiger partial charge is 0.493 e. The van der Waals surface area contributed by atoms with E-state index in [1.165, 1.54) is 5.56 Å². The molecule has 22 heavy (non-hydrogen) atoms. The monoisotopic (exact) mass is 326 g/mol. The summed E-state index contributed by atoms with van der Waals surface area (Å²) in [7, 11) is 1.91. The third-order valence-electron chi connectivity index (χ3n) is 4.38. The van der Waals surface area contributed by atoms with Crippen LogP contribution in [0.25, 0.3) is 0 Å². The van der Waals surface area contributed by atoms with Crippen LogP contribution < -0.4 is 10.1 Å². The zero-order valence-electron chi connectivity index (χ0n) is 13.7. The molecule has 0 aromatic heterocycles. The average molecular weight is 327 g/mol. The van der Waals surface area contributed by atoms with Crippen LogP contribution in [0.3, 0.4) is 0 Å². The van der Waals surface area contributed by atoms with Gasteiger partial charge in [0, 0.05) is 13.1 Å². The van der Waals surface area contributed by atoms with E-state index in [9.17, 15) is 4.79 Å². The Bertz CT molecular complexity index is 488. The SMILES string of the molecule is Cc1cccc(OCCC(=O)N(C)C2CCNCC2)c1C.Cl. The predicted molar refractivity (Wildman–Crippen MR) is 91.9 cm³/mol. The van der Waals surface area contributed by atoms with Gasteiger partial charge in [-0.1, -0.05) is 12.1 Å². The summed E-state index contributed by atoms with van der Waals surface area (Å²) in [6.45, 7) is 6.56. The second kappa shape index (κ2) is 9.01. The molecule has 1 heterocycles. The van der Waals surface area contributed by atoms with Crippen LogP contribution in [0.1, 0.15) is 30.4 Å². The smallest absolute Gasteiger partial charge is 0.225 e. The van der Waals surface area contributed by atoms with Crippen molar-refractivity contribution in [2.75, 3.05) is 26.7 Å². The normalized spacial score (nSPS) is 15.0. The number of carbonyl (C=O) groups is 1. The molecule has 0 bridgehead atoms. The van der Waals surface area contributed by atoms with Crippen LogP contribution in [-0.2, 0) is 4.79 Å². The number of nitrogens with zero attached hydrogens (tertiary/aromatic N) is 1. The number of carbonyl (C=O) groups excluding carboxylic acids is 1. The molecule has 124 valence electrons. The van der Waals surface area contributed by atoms with Gasteiger partial charge in [-0.25, -0.2) is 0 Å². The summed E-state index contributed by atoms with van der Waals surface area (Å²) >= 11 is 0. The Hall–Kier alpha value is -1.26. The Morgan fingerprint density at radius 2 is 2.00 bits per heavy atom. The van der Waals surface area contributed by atoms with Gasteiger partial charge in [-0.15, -0.1) is 12.4 Å². The van der Waals surface area contributed by atoms with Gasteiger partial charge in [-0.05, 0) is 57.0 Å². The number of halogens is 1. The minimum Gasteiger partial charge on any atom is -0.493 e. The maximum absolute atomic E-state index is 12.2. The number of hydrogen-bond acceptors (Lipinski definition) is 3. The van der Waals surface area contributed by atoms with Crippen LogP contribution in [-0.4, -0.2) is 43.6 Å². The molecule has 2 rings (SSSR count). The quantitative estimate of drug-likeness (QED) is 0.904. The van der Waals surface area contributed by atoms with Crippen LogP contribution in [0.4, 0.5) is 0 Å². The van der Waals surface area contributed by atoms with E-state index in [-0.39, 0.29) is 18.3 Å². The first-order valence-electron chi connectivity index (χ1n) is 7.75. The Kier molecular flexibility index (Phi) is 7.69. The van der Waals surface area contributed by atoms with Crippen molar-refractivity contribution in [3.63, 3.8) is 0 Å². The van der Waals surface area contributed by atoms with E-state index in [4.69, 9.17) is 4.74 Å². The van der Waals surface area contributed by atoms with E-state index in [1.807, 2.05) is 31.0 Å². The summed E-state index contributed by atoms with van der Waals surface area (Å²) in [6.07, 6.45) is 2.52. The molecule has 1 aromatic rings. The molecule has 0 atom stereocenters. The summed E-state index contributed by atoms with van der Waals surface area (Å²) in [5.74, 6) is 1.06. The van der Waals surface area contributed by atoms with Crippen LogP contribution in [0, 0.1) is 13.8 Å². The molecular formula is C17H27ClN2O2. The van der Waals surface area contributed by atoms with Gasteiger partial charge in [0.1, 0.15) is 5.75 Å². The number of nitrogens with one attached hydrogen (secondary N) is 1. The fourth-order valence-corrected chi connectivity index (χ4v) is 2.70. The summed E-state index contributed by atoms with van der Waals surface area (Å²) in [5, 5.41) is 3.32. The van der Waals surface area contributed by atoms with Gasteiger partial charge in [0.25, 0.3) is 0 Å². The van der Waals surface area contributed by atoms with Gasteiger partial charge in [0.15, 0.2) is 0 Å². The molecule has 1 aliphatic rings. The highest BCUT2D eigenvalue weighted by Crippen LogP contribution is 2.20. The second-order valence-corrected chi connectivity index (χ2v) is 5.78. The molecule has 0 unspecified atom stereocenters. The topological polar surface area (TPSA) is 41.6 Å². The lowest BCUT2D eigenvalue weighted by Crippen LogP contribution is -2.44. The van der Waals surface area contributed by atoms with Crippen LogP contribution >= 0.6 is 12.4 Å². The molecule has 5 heteroatoms.